The van der Waals surface area contributed by atoms with E-state index in [1.807, 2.05) is 0 Å². The van der Waals surface area contributed by atoms with Crippen LogP contribution in [0.4, 0.5) is 0 Å². The number of nitrogens with zero attached hydrogens (tertiary/aromatic N) is 6. The van der Waals surface area contributed by atoms with E-state index in [0.29, 0.717) is 0 Å². The van der Waals surface area contributed by atoms with Crippen molar-refractivity contribution in [3.63, 3.8) is 0 Å². The van der Waals surface area contributed by atoms with Crippen LogP contribution >= 0.6 is 0 Å². The summed E-state index contributed by atoms with van der Waals surface area (Å²) in [5.74, 6) is 0. The van der Waals surface area contributed by atoms with Crippen LogP contribution in [0.1, 0.15) is 52.7 Å². The molecule has 0 fully saturated rings. The molecule has 0 amide bonds. The summed E-state index contributed by atoms with van der Waals surface area (Å²) in [6, 6.07) is 86.0. The van der Waals surface area contributed by atoms with Crippen molar-refractivity contribution >= 4 is 142 Å². The molecule has 7 heterocycles. The first-order valence-corrected chi connectivity index (χ1v) is 30.1. The van der Waals surface area contributed by atoms with Gasteiger partial charge < -0.3 is 9.13 Å². The standard InChI is InChI=1S/C80H56N6/c1-79(2,3)49-41-58(48-34-36-68-60(39-48)56-30-18-20-32-66(56)84(68)52-25-11-8-12-26-52)73-61(42-49)62-43-50(80(4,5)6)44-64-71-77(85(73)74(62)64)82-72-70-54-28-16-14-22-46(54)40-63-69-53-27-15-13-21-45(53)37-57(75(69)86(76(63)70)78(72)81-71)47-33-35-67-59(38-47)55-29-17-19-31-65(55)83(67)51-23-9-7-10-24-51/h7-44H,1-6H3. The van der Waals surface area contributed by atoms with Crippen LogP contribution in [0.3, 0.4) is 0 Å². The maximum Gasteiger partial charge on any atom is 0.165 e. The van der Waals surface area contributed by atoms with Crippen LogP contribution < -0.4 is 0 Å². The van der Waals surface area contributed by atoms with Gasteiger partial charge in [0.25, 0.3) is 0 Å². The molecule has 0 aliphatic rings. The Morgan fingerprint density at radius 1 is 0.291 bits per heavy atom. The van der Waals surface area contributed by atoms with E-state index in [2.05, 4.69) is 290 Å². The van der Waals surface area contributed by atoms with Crippen LogP contribution in [0.25, 0.3) is 175 Å². The van der Waals surface area contributed by atoms with E-state index in [-0.39, 0.29) is 10.8 Å². The Kier molecular flexibility index (Phi) is 9.25. The first-order chi connectivity index (χ1) is 41.9. The molecule has 6 nitrogen and oxygen atoms in total. The van der Waals surface area contributed by atoms with E-state index >= 15 is 0 Å². The summed E-state index contributed by atoms with van der Waals surface area (Å²) in [5, 5.41) is 16.8. The van der Waals surface area contributed by atoms with Gasteiger partial charge in [-0.3, -0.25) is 8.80 Å². The maximum absolute atomic E-state index is 6.14. The Morgan fingerprint density at radius 2 is 0.733 bits per heavy atom. The third-order valence-electron chi connectivity index (χ3n) is 19.2. The molecule has 0 aliphatic carbocycles. The normalized spacial score (nSPS) is 13.0. The van der Waals surface area contributed by atoms with Gasteiger partial charge in [0.1, 0.15) is 11.0 Å². The lowest BCUT2D eigenvalue weighted by molar-refractivity contribution is 0.591. The van der Waals surface area contributed by atoms with Gasteiger partial charge in [0.15, 0.2) is 11.3 Å². The molecule has 0 saturated heterocycles. The van der Waals surface area contributed by atoms with Crippen LogP contribution in [0.2, 0.25) is 0 Å². The number of fused-ring (bicyclic) bond motifs is 22. The molecule has 406 valence electrons. The summed E-state index contributed by atoms with van der Waals surface area (Å²) < 4.78 is 9.82. The second kappa shape index (κ2) is 16.6. The van der Waals surface area contributed by atoms with Gasteiger partial charge in [0, 0.05) is 76.4 Å². The Bertz CT molecular complexity index is 6140. The average Bonchev–Trinajstić information content (AvgIpc) is 1.54. The van der Waals surface area contributed by atoms with Crippen molar-refractivity contribution in [2.45, 2.75) is 52.4 Å². The smallest absolute Gasteiger partial charge is 0.165 e. The molecule has 0 unspecified atom stereocenters. The van der Waals surface area contributed by atoms with Gasteiger partial charge in [0.05, 0.1) is 44.1 Å². The highest BCUT2D eigenvalue weighted by molar-refractivity contribution is 6.36. The van der Waals surface area contributed by atoms with Gasteiger partial charge in [-0.2, -0.15) is 0 Å². The Hall–Kier alpha value is -10.6. The molecule has 0 atom stereocenters. The van der Waals surface area contributed by atoms with Crippen molar-refractivity contribution in [2.75, 3.05) is 0 Å². The molecule has 6 heteroatoms. The lowest BCUT2D eigenvalue weighted by Crippen LogP contribution is -2.11. The predicted octanol–water partition coefficient (Wildman–Crippen LogP) is 21.2. The van der Waals surface area contributed by atoms with Gasteiger partial charge in [-0.25, -0.2) is 9.97 Å². The summed E-state index contributed by atoms with van der Waals surface area (Å²) in [5.41, 5.74) is 22.2. The average molecular weight is 1100 g/mol. The molecule has 0 saturated carbocycles. The monoisotopic (exact) mass is 1100 g/mol. The fraction of sp³-hybridized carbons (Fsp3) is 0.100. The van der Waals surface area contributed by atoms with Crippen LogP contribution in [0, 0.1) is 0 Å². The molecule has 7 aromatic heterocycles. The summed E-state index contributed by atoms with van der Waals surface area (Å²) in [4.78, 5) is 12.3. The number of hydrogen-bond acceptors (Lipinski definition) is 2. The first-order valence-electron chi connectivity index (χ1n) is 30.1. The van der Waals surface area contributed by atoms with Gasteiger partial charge in [-0.15, -0.1) is 0 Å². The Balaban J connectivity index is 0.966. The number of rotatable bonds is 4. The molecule has 86 heavy (non-hydrogen) atoms. The fourth-order valence-corrected chi connectivity index (χ4v) is 15.2. The number of aromatic nitrogens is 6. The predicted molar refractivity (Wildman–Crippen MR) is 363 cm³/mol. The fourth-order valence-electron chi connectivity index (χ4n) is 15.2. The van der Waals surface area contributed by atoms with Crippen LogP contribution in [-0.2, 0) is 10.8 Å². The quantitative estimate of drug-likeness (QED) is 0.176. The van der Waals surface area contributed by atoms with Crippen molar-refractivity contribution in [1.29, 1.82) is 0 Å². The summed E-state index contributed by atoms with van der Waals surface area (Å²) >= 11 is 0. The zero-order chi connectivity index (χ0) is 57.2. The highest BCUT2D eigenvalue weighted by Gasteiger charge is 2.31. The molecule has 19 rings (SSSR count). The highest BCUT2D eigenvalue weighted by atomic mass is 15.1. The number of para-hydroxylation sites is 4. The maximum atomic E-state index is 6.14. The minimum atomic E-state index is -0.156. The molecule has 0 bridgehead atoms. The molecule has 0 spiro atoms. The van der Waals surface area contributed by atoms with E-state index < -0.39 is 0 Å². The van der Waals surface area contributed by atoms with Crippen LogP contribution in [0.5, 0.6) is 0 Å². The van der Waals surface area contributed by atoms with Crippen molar-refractivity contribution in [1.82, 2.24) is 27.9 Å². The summed E-state index contributed by atoms with van der Waals surface area (Å²) in [6.45, 7) is 14.0. The van der Waals surface area contributed by atoms with E-state index in [0.717, 1.165) is 77.7 Å². The molecule has 0 N–H and O–H groups in total. The Labute approximate surface area is 494 Å². The second-order valence-electron chi connectivity index (χ2n) is 26.2. The van der Waals surface area contributed by atoms with E-state index in [4.69, 9.17) is 9.97 Å². The van der Waals surface area contributed by atoms with Crippen molar-refractivity contribution < 1.29 is 0 Å². The zero-order valence-corrected chi connectivity index (χ0v) is 48.6. The Morgan fingerprint density at radius 3 is 1.33 bits per heavy atom. The van der Waals surface area contributed by atoms with E-state index in [9.17, 15) is 0 Å². The summed E-state index contributed by atoms with van der Waals surface area (Å²) in [7, 11) is 0. The van der Waals surface area contributed by atoms with E-state index in [1.54, 1.807) is 0 Å². The zero-order valence-electron chi connectivity index (χ0n) is 48.6. The molecular formula is C80H56N6. The minimum Gasteiger partial charge on any atom is -0.309 e. The van der Waals surface area contributed by atoms with Crippen LogP contribution in [0.15, 0.2) is 231 Å². The molecule has 0 aliphatic heterocycles. The lowest BCUT2D eigenvalue weighted by Gasteiger charge is -2.21. The molecule has 12 aromatic carbocycles. The topological polar surface area (TPSA) is 44.5 Å². The van der Waals surface area contributed by atoms with Crippen LogP contribution in [-0.4, -0.2) is 27.9 Å². The molecule has 19 aromatic rings. The lowest BCUT2D eigenvalue weighted by atomic mass is 9.83. The van der Waals surface area contributed by atoms with Gasteiger partial charge >= 0.3 is 0 Å². The largest absolute Gasteiger partial charge is 0.309 e. The first kappa shape index (κ1) is 47.9. The van der Waals surface area contributed by atoms with E-state index in [1.165, 1.54) is 109 Å². The summed E-state index contributed by atoms with van der Waals surface area (Å²) in [6.07, 6.45) is 0. The van der Waals surface area contributed by atoms with Gasteiger partial charge in [-0.1, -0.05) is 175 Å². The molecule has 0 radical (unpaired) electrons. The van der Waals surface area contributed by atoms with Gasteiger partial charge in [-0.05, 0) is 152 Å². The molecular weight excluding hydrogens is 1040 g/mol. The number of benzene rings is 12. The van der Waals surface area contributed by atoms with Crippen molar-refractivity contribution in [2.24, 2.45) is 0 Å². The number of hydrogen-bond donors (Lipinski definition) is 0. The van der Waals surface area contributed by atoms with Crippen molar-refractivity contribution in [3.8, 4) is 33.6 Å². The third kappa shape index (κ3) is 6.29. The van der Waals surface area contributed by atoms with Gasteiger partial charge in [0.2, 0.25) is 0 Å². The second-order valence-corrected chi connectivity index (χ2v) is 26.2. The minimum absolute atomic E-state index is 0.134. The highest BCUT2D eigenvalue weighted by Crippen LogP contribution is 2.51. The SMILES string of the molecule is CC(C)(C)c1cc(-c2ccc3c(c2)c2ccccc2n3-c2ccccc2)c2c(c1)c1cc(C(C)(C)C)cc3c4nc5c(nc4n2c13)c1c2ccccc2cc2c3c4ccccc4cc(-c4ccc6c(c4)c4ccccc4n6-c4ccccc4)c3n5c21. The third-order valence-corrected chi connectivity index (χ3v) is 19.2. The van der Waals surface area contributed by atoms with Crippen molar-refractivity contribution in [3.05, 3.63) is 242 Å².